The van der Waals surface area contributed by atoms with E-state index in [1.165, 1.54) is 15.6 Å². The van der Waals surface area contributed by atoms with Crippen molar-refractivity contribution in [3.63, 3.8) is 0 Å². The Hall–Kier alpha value is -0.690. The van der Waals surface area contributed by atoms with Crippen LogP contribution in [0.15, 0.2) is 28.3 Å². The van der Waals surface area contributed by atoms with Crippen molar-refractivity contribution in [2.75, 3.05) is 20.1 Å². The van der Waals surface area contributed by atoms with Crippen LogP contribution in [0.4, 0.5) is 0 Å². The summed E-state index contributed by atoms with van der Waals surface area (Å²) in [6.07, 6.45) is 3.44. The highest BCUT2D eigenvalue weighted by Crippen LogP contribution is 2.23. The maximum Gasteiger partial charge on any atom is 0.252 e. The smallest absolute Gasteiger partial charge is 0.252 e. The molecule has 108 valence electrons. The van der Waals surface area contributed by atoms with Crippen molar-refractivity contribution in [2.24, 2.45) is 0 Å². The lowest BCUT2D eigenvalue weighted by Crippen LogP contribution is -2.27. The molecule has 0 unspecified atom stereocenters. The molecule has 0 amide bonds. The Balaban J connectivity index is 2.70. The van der Waals surface area contributed by atoms with Crippen molar-refractivity contribution in [2.45, 2.75) is 30.5 Å². The molecule has 0 atom stereocenters. The first-order chi connectivity index (χ1) is 9.02. The van der Waals surface area contributed by atoms with Crippen molar-refractivity contribution >= 4 is 21.4 Å². The third-order valence-corrected chi connectivity index (χ3v) is 6.08. The highest BCUT2D eigenvalue weighted by Gasteiger charge is 2.22. The number of hydrogen-bond donors (Lipinski definition) is 1. The molecule has 0 spiro atoms. The maximum atomic E-state index is 12.3. The van der Waals surface area contributed by atoms with Gasteiger partial charge in [-0.2, -0.15) is 0 Å². The fraction of sp³-hybridized carbons (Fsp3) is 0.538. The van der Waals surface area contributed by atoms with Gasteiger partial charge in [0.2, 0.25) is 0 Å². The van der Waals surface area contributed by atoms with Crippen molar-refractivity contribution in [3.8, 4) is 0 Å². The molecule has 1 aromatic heterocycles. The van der Waals surface area contributed by atoms with E-state index in [1.54, 1.807) is 19.2 Å². The highest BCUT2D eigenvalue weighted by atomic mass is 32.2. The molecule has 0 aliphatic carbocycles. The standard InChI is InChI=1S/C13H22N2O2S2/c1-4-6-7-8-15(3)19(16,17)13-9-12(11-18-13)10-14-5-2/h4,9,11,14H,1,5-8,10H2,2-3H3. The summed E-state index contributed by atoms with van der Waals surface area (Å²) in [6, 6.07) is 1.76. The van der Waals surface area contributed by atoms with E-state index in [0.717, 1.165) is 24.9 Å². The number of unbranched alkanes of at least 4 members (excludes halogenated alkanes) is 1. The van der Waals surface area contributed by atoms with Crippen LogP contribution in [0.5, 0.6) is 0 Å². The lowest BCUT2D eigenvalue weighted by molar-refractivity contribution is 0.464. The van der Waals surface area contributed by atoms with Gasteiger partial charge >= 0.3 is 0 Å². The van der Waals surface area contributed by atoms with Gasteiger partial charge < -0.3 is 5.32 Å². The molecule has 0 aromatic carbocycles. The first-order valence-electron chi connectivity index (χ1n) is 6.37. The minimum atomic E-state index is -3.33. The minimum Gasteiger partial charge on any atom is -0.313 e. The van der Waals surface area contributed by atoms with Gasteiger partial charge in [0.25, 0.3) is 10.0 Å². The Bertz CT molecular complexity index is 494. The molecule has 0 aliphatic rings. The number of nitrogens with one attached hydrogen (secondary N) is 1. The van der Waals surface area contributed by atoms with Crippen LogP contribution in [0.3, 0.4) is 0 Å². The third kappa shape index (κ3) is 4.72. The van der Waals surface area contributed by atoms with E-state index < -0.39 is 10.0 Å². The first kappa shape index (κ1) is 16.4. The van der Waals surface area contributed by atoms with E-state index in [4.69, 9.17) is 0 Å². The largest absolute Gasteiger partial charge is 0.313 e. The number of rotatable bonds is 9. The average molecular weight is 302 g/mol. The molecule has 0 bridgehead atoms. The minimum absolute atomic E-state index is 0.418. The second kappa shape index (κ2) is 7.79. The molecule has 1 rings (SSSR count). The number of allylic oxidation sites excluding steroid dienone is 1. The lowest BCUT2D eigenvalue weighted by atomic mass is 10.3. The molecule has 4 nitrogen and oxygen atoms in total. The number of nitrogens with zero attached hydrogens (tertiary/aromatic N) is 1. The average Bonchev–Trinajstić information content (AvgIpc) is 2.85. The van der Waals surface area contributed by atoms with Crippen LogP contribution in [0.1, 0.15) is 25.3 Å². The topological polar surface area (TPSA) is 49.4 Å². The predicted molar refractivity (Wildman–Crippen MR) is 80.9 cm³/mol. The van der Waals surface area contributed by atoms with Gasteiger partial charge in [0.05, 0.1) is 0 Å². The van der Waals surface area contributed by atoms with Gasteiger partial charge in [0.1, 0.15) is 4.21 Å². The quantitative estimate of drug-likeness (QED) is 0.563. The van der Waals surface area contributed by atoms with Crippen LogP contribution in [-0.2, 0) is 16.6 Å². The van der Waals surface area contributed by atoms with Crippen LogP contribution < -0.4 is 5.32 Å². The van der Waals surface area contributed by atoms with Crippen molar-refractivity contribution in [3.05, 3.63) is 29.7 Å². The predicted octanol–water partition coefficient (Wildman–Crippen LogP) is 2.44. The van der Waals surface area contributed by atoms with Gasteiger partial charge in [-0.3, -0.25) is 0 Å². The second-order valence-corrected chi connectivity index (χ2v) is 7.49. The Labute approximate surface area is 120 Å². The lowest BCUT2D eigenvalue weighted by Gasteiger charge is -2.15. The van der Waals surface area contributed by atoms with E-state index in [0.29, 0.717) is 17.3 Å². The van der Waals surface area contributed by atoms with Gasteiger partial charge in [0.15, 0.2) is 0 Å². The number of hydrogen-bond acceptors (Lipinski definition) is 4. The van der Waals surface area contributed by atoms with Crippen LogP contribution in [0.2, 0.25) is 0 Å². The molecular formula is C13H22N2O2S2. The molecule has 0 radical (unpaired) electrons. The number of thiophene rings is 1. The molecular weight excluding hydrogens is 280 g/mol. The van der Waals surface area contributed by atoms with Gasteiger partial charge in [-0.15, -0.1) is 17.9 Å². The summed E-state index contributed by atoms with van der Waals surface area (Å²) in [7, 11) is -1.71. The van der Waals surface area contributed by atoms with E-state index >= 15 is 0 Å². The monoisotopic (exact) mass is 302 g/mol. The molecule has 1 N–H and O–H groups in total. The first-order valence-corrected chi connectivity index (χ1v) is 8.69. The Morgan fingerprint density at radius 1 is 1.53 bits per heavy atom. The van der Waals surface area contributed by atoms with E-state index in [2.05, 4.69) is 11.9 Å². The SMILES string of the molecule is C=CCCCN(C)S(=O)(=O)c1cc(CNCC)cs1. The summed E-state index contributed by atoms with van der Waals surface area (Å²) in [5.41, 5.74) is 1.02. The summed E-state index contributed by atoms with van der Waals surface area (Å²) in [6.45, 7) is 7.77. The van der Waals surface area contributed by atoms with Gasteiger partial charge in [-0.25, -0.2) is 12.7 Å². The van der Waals surface area contributed by atoms with Crippen LogP contribution >= 0.6 is 11.3 Å². The highest BCUT2D eigenvalue weighted by molar-refractivity contribution is 7.91. The molecule has 1 heterocycles. The van der Waals surface area contributed by atoms with Gasteiger partial charge in [-0.05, 0) is 36.4 Å². The summed E-state index contributed by atoms with van der Waals surface area (Å²) >= 11 is 1.28. The summed E-state index contributed by atoms with van der Waals surface area (Å²) < 4.78 is 26.4. The van der Waals surface area contributed by atoms with E-state index in [9.17, 15) is 8.42 Å². The Kier molecular flexibility index (Phi) is 6.71. The van der Waals surface area contributed by atoms with Crippen LogP contribution in [0.25, 0.3) is 0 Å². The summed E-state index contributed by atoms with van der Waals surface area (Å²) in [5, 5.41) is 5.08. The van der Waals surface area contributed by atoms with Crippen molar-refractivity contribution in [1.29, 1.82) is 0 Å². The maximum absolute atomic E-state index is 12.3. The summed E-state index contributed by atoms with van der Waals surface area (Å²) in [4.78, 5) is 0. The van der Waals surface area contributed by atoms with Crippen LogP contribution in [0, 0.1) is 0 Å². The van der Waals surface area contributed by atoms with Crippen molar-refractivity contribution in [1.82, 2.24) is 9.62 Å². The normalized spacial score (nSPS) is 11.9. The van der Waals surface area contributed by atoms with Gasteiger partial charge in [0, 0.05) is 20.1 Å². The second-order valence-electron chi connectivity index (χ2n) is 4.31. The van der Waals surface area contributed by atoms with Gasteiger partial charge in [-0.1, -0.05) is 13.0 Å². The Morgan fingerprint density at radius 2 is 2.26 bits per heavy atom. The zero-order valence-corrected chi connectivity index (χ0v) is 13.2. The molecule has 1 aromatic rings. The fourth-order valence-corrected chi connectivity index (χ4v) is 4.21. The summed E-state index contributed by atoms with van der Waals surface area (Å²) in [5.74, 6) is 0. The van der Waals surface area contributed by atoms with E-state index in [-0.39, 0.29) is 0 Å². The molecule has 0 saturated carbocycles. The third-order valence-electron chi connectivity index (χ3n) is 2.75. The van der Waals surface area contributed by atoms with Crippen LogP contribution in [-0.4, -0.2) is 32.9 Å². The zero-order chi connectivity index (χ0) is 14.3. The number of sulfonamides is 1. The molecule has 0 aliphatic heterocycles. The van der Waals surface area contributed by atoms with E-state index in [1.807, 2.05) is 12.3 Å². The molecule has 19 heavy (non-hydrogen) atoms. The molecule has 6 heteroatoms. The Morgan fingerprint density at radius 3 is 2.89 bits per heavy atom. The zero-order valence-electron chi connectivity index (χ0n) is 11.6. The molecule has 0 fully saturated rings. The molecule has 0 saturated heterocycles. The fourth-order valence-electron chi connectivity index (χ4n) is 1.58. The van der Waals surface area contributed by atoms with Crippen molar-refractivity contribution < 1.29 is 8.42 Å².